The molecule has 0 radical (unpaired) electrons. The number of hydrogen-bond donors (Lipinski definition) is 1. The fourth-order valence-electron chi connectivity index (χ4n) is 3.15. The maximum atomic E-state index is 12.6. The number of hydrogen-bond acceptors (Lipinski definition) is 4. The highest BCUT2D eigenvalue weighted by Crippen LogP contribution is 2.23. The van der Waals surface area contributed by atoms with E-state index in [1.54, 1.807) is 4.90 Å². The van der Waals surface area contributed by atoms with Gasteiger partial charge in [0.1, 0.15) is 0 Å². The number of morpholine rings is 1. The number of benzene rings is 1. The molecule has 1 aromatic rings. The molecular formula is C17H20N2O5. The highest BCUT2D eigenvalue weighted by Gasteiger charge is 2.38. The van der Waals surface area contributed by atoms with Crippen LogP contribution in [0.25, 0.3) is 0 Å². The number of carboxylic acids is 1. The van der Waals surface area contributed by atoms with Crippen molar-refractivity contribution in [2.45, 2.75) is 19.1 Å². The zero-order valence-electron chi connectivity index (χ0n) is 13.3. The number of carbonyl (C=O) groups is 3. The van der Waals surface area contributed by atoms with E-state index in [0.717, 1.165) is 5.56 Å². The van der Waals surface area contributed by atoms with Crippen LogP contribution in [0.4, 0.5) is 0 Å². The van der Waals surface area contributed by atoms with E-state index in [1.165, 1.54) is 4.90 Å². The van der Waals surface area contributed by atoms with Crippen molar-refractivity contribution in [3.05, 3.63) is 35.9 Å². The maximum Gasteiger partial charge on any atom is 0.334 e. The number of carboxylic acid groups (broad SMARTS) is 1. The number of rotatable bonds is 4. The van der Waals surface area contributed by atoms with Crippen molar-refractivity contribution in [2.75, 3.05) is 26.2 Å². The van der Waals surface area contributed by atoms with Gasteiger partial charge in [0, 0.05) is 26.1 Å². The van der Waals surface area contributed by atoms with Crippen molar-refractivity contribution < 1.29 is 24.2 Å². The lowest BCUT2D eigenvalue weighted by Crippen LogP contribution is -2.50. The molecule has 2 heterocycles. The molecule has 0 aromatic heterocycles. The zero-order valence-corrected chi connectivity index (χ0v) is 13.3. The summed E-state index contributed by atoms with van der Waals surface area (Å²) < 4.78 is 5.13. The first-order valence-corrected chi connectivity index (χ1v) is 7.99. The molecule has 0 saturated carbocycles. The van der Waals surface area contributed by atoms with Crippen LogP contribution in [-0.4, -0.2) is 65.0 Å². The van der Waals surface area contributed by atoms with Gasteiger partial charge in [0.05, 0.1) is 19.1 Å². The molecule has 3 rings (SSSR count). The molecule has 2 saturated heterocycles. The summed E-state index contributed by atoms with van der Waals surface area (Å²) in [6.07, 6.45) is -0.805. The zero-order chi connectivity index (χ0) is 17.1. The highest BCUT2D eigenvalue weighted by atomic mass is 16.5. The first-order valence-electron chi connectivity index (χ1n) is 7.99. The summed E-state index contributed by atoms with van der Waals surface area (Å²) in [5, 5.41) is 9.03. The lowest BCUT2D eigenvalue weighted by Gasteiger charge is -2.32. The SMILES string of the molecule is O=C(O)[C@@H]1CN(C(=O)[C@H]2CC(=O)N(Cc3ccccc3)C2)CCO1. The van der Waals surface area contributed by atoms with Crippen LogP contribution in [0, 0.1) is 5.92 Å². The topological polar surface area (TPSA) is 87.2 Å². The molecule has 1 N–H and O–H groups in total. The van der Waals surface area contributed by atoms with E-state index in [9.17, 15) is 14.4 Å². The Morgan fingerprint density at radius 1 is 1.21 bits per heavy atom. The Balaban J connectivity index is 1.60. The van der Waals surface area contributed by atoms with Crippen molar-refractivity contribution in [3.8, 4) is 0 Å². The Kier molecular flexibility index (Phi) is 4.80. The van der Waals surface area contributed by atoms with E-state index in [-0.39, 0.29) is 31.4 Å². The standard InChI is InChI=1S/C17H20N2O5/c20-15-8-13(10-19(15)9-12-4-2-1-3-5-12)16(21)18-6-7-24-14(11-18)17(22)23/h1-5,13-14H,6-11H2,(H,22,23)/t13-,14-/m0/s1. The molecule has 1 aromatic carbocycles. The molecule has 0 spiro atoms. The van der Waals surface area contributed by atoms with Gasteiger partial charge >= 0.3 is 5.97 Å². The first kappa shape index (κ1) is 16.4. The number of aliphatic carboxylic acids is 1. The summed E-state index contributed by atoms with van der Waals surface area (Å²) in [6, 6.07) is 9.64. The quantitative estimate of drug-likeness (QED) is 0.859. The smallest absolute Gasteiger partial charge is 0.334 e. The van der Waals surface area contributed by atoms with Gasteiger partial charge in [-0.25, -0.2) is 4.79 Å². The molecule has 2 aliphatic heterocycles. The average molecular weight is 332 g/mol. The Bertz CT molecular complexity index is 633. The molecule has 128 valence electrons. The van der Waals surface area contributed by atoms with Crippen LogP contribution in [-0.2, 0) is 25.7 Å². The lowest BCUT2D eigenvalue weighted by molar-refractivity contribution is -0.160. The molecule has 0 unspecified atom stereocenters. The summed E-state index contributed by atoms with van der Waals surface area (Å²) >= 11 is 0. The van der Waals surface area contributed by atoms with E-state index < -0.39 is 18.0 Å². The van der Waals surface area contributed by atoms with Crippen molar-refractivity contribution in [1.29, 1.82) is 0 Å². The normalized spacial score (nSPS) is 24.2. The van der Waals surface area contributed by atoms with Gasteiger partial charge in [0.2, 0.25) is 11.8 Å². The number of amides is 2. The van der Waals surface area contributed by atoms with Gasteiger partial charge in [0.15, 0.2) is 6.10 Å². The van der Waals surface area contributed by atoms with Crippen molar-refractivity contribution in [1.82, 2.24) is 9.80 Å². The van der Waals surface area contributed by atoms with E-state index in [1.807, 2.05) is 30.3 Å². The molecule has 7 nitrogen and oxygen atoms in total. The predicted molar refractivity (Wildman–Crippen MR) is 83.9 cm³/mol. The predicted octanol–water partition coefficient (Wildman–Crippen LogP) is 0.347. The Morgan fingerprint density at radius 2 is 1.96 bits per heavy atom. The Morgan fingerprint density at radius 3 is 2.67 bits per heavy atom. The summed E-state index contributed by atoms with van der Waals surface area (Å²) in [4.78, 5) is 39.0. The van der Waals surface area contributed by atoms with Crippen molar-refractivity contribution >= 4 is 17.8 Å². The minimum atomic E-state index is -1.07. The highest BCUT2D eigenvalue weighted by molar-refractivity contribution is 5.89. The number of likely N-dealkylation sites (tertiary alicyclic amines) is 1. The number of ether oxygens (including phenoxy) is 1. The van der Waals surface area contributed by atoms with Crippen molar-refractivity contribution in [2.24, 2.45) is 5.92 Å². The lowest BCUT2D eigenvalue weighted by atomic mass is 10.1. The molecule has 0 aliphatic carbocycles. The molecule has 0 bridgehead atoms. The fourth-order valence-corrected chi connectivity index (χ4v) is 3.15. The second-order valence-electron chi connectivity index (χ2n) is 6.14. The molecule has 7 heteroatoms. The molecule has 2 aliphatic rings. The summed E-state index contributed by atoms with van der Waals surface area (Å²) in [6.45, 7) is 1.48. The van der Waals surface area contributed by atoms with Gasteiger partial charge in [-0.05, 0) is 5.56 Å². The average Bonchev–Trinajstić information content (AvgIpc) is 2.96. The van der Waals surface area contributed by atoms with Gasteiger partial charge in [-0.1, -0.05) is 30.3 Å². The molecule has 2 amide bonds. The van der Waals surface area contributed by atoms with Crippen LogP contribution in [0.5, 0.6) is 0 Å². The monoisotopic (exact) mass is 332 g/mol. The third-order valence-electron chi connectivity index (χ3n) is 4.43. The minimum absolute atomic E-state index is 0.0392. The van der Waals surface area contributed by atoms with Crippen LogP contribution in [0.3, 0.4) is 0 Å². The Hall–Kier alpha value is -2.41. The van der Waals surface area contributed by atoms with Crippen molar-refractivity contribution in [3.63, 3.8) is 0 Å². The van der Waals surface area contributed by atoms with Crippen LogP contribution in [0.2, 0.25) is 0 Å². The van der Waals surface area contributed by atoms with Crippen LogP contribution in [0.15, 0.2) is 30.3 Å². The molecule has 2 atom stereocenters. The molecule has 24 heavy (non-hydrogen) atoms. The fraction of sp³-hybridized carbons (Fsp3) is 0.471. The second kappa shape index (κ2) is 7.00. The van der Waals surface area contributed by atoms with E-state index in [2.05, 4.69) is 0 Å². The first-order chi connectivity index (χ1) is 11.5. The largest absolute Gasteiger partial charge is 0.479 e. The summed E-state index contributed by atoms with van der Waals surface area (Å²) in [5.41, 5.74) is 1.02. The van der Waals surface area contributed by atoms with Crippen LogP contribution in [0.1, 0.15) is 12.0 Å². The minimum Gasteiger partial charge on any atom is -0.479 e. The third-order valence-corrected chi connectivity index (χ3v) is 4.43. The van der Waals surface area contributed by atoms with Gasteiger partial charge in [-0.15, -0.1) is 0 Å². The molecular weight excluding hydrogens is 312 g/mol. The second-order valence-corrected chi connectivity index (χ2v) is 6.14. The van der Waals surface area contributed by atoms with Gasteiger partial charge in [0.25, 0.3) is 0 Å². The van der Waals surface area contributed by atoms with Crippen LogP contribution >= 0.6 is 0 Å². The number of carbonyl (C=O) groups excluding carboxylic acids is 2. The van der Waals surface area contributed by atoms with E-state index in [4.69, 9.17) is 9.84 Å². The number of nitrogens with zero attached hydrogens (tertiary/aromatic N) is 2. The molecule has 2 fully saturated rings. The van der Waals surface area contributed by atoms with Gasteiger partial charge in [-0.3, -0.25) is 9.59 Å². The maximum absolute atomic E-state index is 12.6. The van der Waals surface area contributed by atoms with E-state index >= 15 is 0 Å². The third kappa shape index (κ3) is 3.56. The Labute approximate surface area is 139 Å². The summed E-state index contributed by atoms with van der Waals surface area (Å²) in [7, 11) is 0. The van der Waals surface area contributed by atoms with Gasteiger partial charge in [-0.2, -0.15) is 0 Å². The summed E-state index contributed by atoms with van der Waals surface area (Å²) in [5.74, 6) is -1.68. The van der Waals surface area contributed by atoms with Gasteiger partial charge < -0.3 is 19.6 Å². The van der Waals surface area contributed by atoms with Crippen LogP contribution < -0.4 is 0 Å². The van der Waals surface area contributed by atoms with E-state index in [0.29, 0.717) is 19.6 Å².